The summed E-state index contributed by atoms with van der Waals surface area (Å²) >= 11 is 0. The molecule has 0 heterocycles. The fraction of sp³-hybridized carbons (Fsp3) is 0.409. The smallest absolute Gasteiger partial charge is 0.420 e. The Bertz CT molecular complexity index is 918. The van der Waals surface area contributed by atoms with E-state index in [1.807, 2.05) is 0 Å². The van der Waals surface area contributed by atoms with Gasteiger partial charge in [0.15, 0.2) is 0 Å². The molecule has 3 rings (SSSR count). The van der Waals surface area contributed by atoms with Crippen LogP contribution in [-0.2, 0) is 22.3 Å². The van der Waals surface area contributed by atoms with Gasteiger partial charge in [-0.15, -0.1) is 0 Å². The zero-order valence-corrected chi connectivity index (χ0v) is 17.3. The molecule has 0 radical (unpaired) electrons. The summed E-state index contributed by atoms with van der Waals surface area (Å²) in [6.45, 7) is 0.242. The van der Waals surface area contributed by atoms with E-state index in [4.69, 9.17) is 19.9 Å². The number of amides is 1. The van der Waals surface area contributed by atoms with Crippen molar-refractivity contribution in [1.29, 1.82) is 0 Å². The summed E-state index contributed by atoms with van der Waals surface area (Å²) in [5.41, 5.74) is 5.08. The van der Waals surface area contributed by atoms with Gasteiger partial charge in [-0.1, -0.05) is 12.1 Å². The summed E-state index contributed by atoms with van der Waals surface area (Å²) in [4.78, 5) is 12.5. The molecule has 0 spiro atoms. The number of alkyl halides is 3. The highest BCUT2D eigenvalue weighted by Gasteiger charge is 2.42. The largest absolute Gasteiger partial charge is 0.497 e. The van der Waals surface area contributed by atoms with E-state index in [0.717, 1.165) is 18.1 Å². The molecule has 0 aromatic heterocycles. The third kappa shape index (κ3) is 5.48. The van der Waals surface area contributed by atoms with E-state index in [-0.39, 0.29) is 35.8 Å². The van der Waals surface area contributed by atoms with Crippen LogP contribution in [0, 0.1) is 0 Å². The van der Waals surface area contributed by atoms with Crippen molar-refractivity contribution in [2.24, 2.45) is 5.73 Å². The quantitative estimate of drug-likeness (QED) is 0.682. The number of nitrogens with two attached hydrogens (primary N) is 1. The molecule has 0 saturated heterocycles. The maximum atomic E-state index is 13.3. The minimum Gasteiger partial charge on any atom is -0.497 e. The topological polar surface area (TPSA) is 82.8 Å². The van der Waals surface area contributed by atoms with Crippen molar-refractivity contribution in [2.45, 2.75) is 43.6 Å². The molecular weight excluding hydrogens is 413 g/mol. The number of hydrogen-bond acceptors (Lipinski definition) is 5. The molecule has 1 amide bonds. The van der Waals surface area contributed by atoms with E-state index in [2.05, 4.69) is 5.32 Å². The monoisotopic (exact) mass is 438 g/mol. The number of rotatable bonds is 7. The Labute approximate surface area is 178 Å². The first-order chi connectivity index (χ1) is 14.6. The molecule has 6 nitrogen and oxygen atoms in total. The lowest BCUT2D eigenvalue weighted by Gasteiger charge is -2.23. The van der Waals surface area contributed by atoms with Crippen molar-refractivity contribution in [1.82, 2.24) is 5.32 Å². The van der Waals surface area contributed by atoms with E-state index >= 15 is 0 Å². The van der Waals surface area contributed by atoms with Crippen molar-refractivity contribution in [3.8, 4) is 17.2 Å². The van der Waals surface area contributed by atoms with Crippen LogP contribution in [0.2, 0.25) is 0 Å². The molecule has 1 fully saturated rings. The first kappa shape index (κ1) is 22.9. The molecule has 2 aromatic rings. The molecule has 2 atom stereocenters. The van der Waals surface area contributed by atoms with Crippen LogP contribution in [0.5, 0.6) is 17.2 Å². The van der Waals surface area contributed by atoms with Crippen LogP contribution < -0.4 is 20.5 Å². The van der Waals surface area contributed by atoms with E-state index in [1.54, 1.807) is 31.4 Å². The lowest BCUT2D eigenvalue weighted by molar-refractivity contribution is -0.138. The highest BCUT2D eigenvalue weighted by atomic mass is 19.4. The number of hydrogen-bond donors (Lipinski definition) is 2. The van der Waals surface area contributed by atoms with Gasteiger partial charge in [0.2, 0.25) is 5.91 Å². The predicted octanol–water partition coefficient (Wildman–Crippen LogP) is 4.02. The van der Waals surface area contributed by atoms with Crippen molar-refractivity contribution in [2.75, 3.05) is 14.2 Å². The number of nitrogens with one attached hydrogen (secondary N) is 1. The lowest BCUT2D eigenvalue weighted by atomic mass is 9.98. The number of ether oxygens (including phenoxy) is 3. The highest BCUT2D eigenvalue weighted by Crippen LogP contribution is 2.40. The van der Waals surface area contributed by atoms with Gasteiger partial charge in [-0.05, 0) is 48.7 Å². The summed E-state index contributed by atoms with van der Waals surface area (Å²) in [5.74, 6) is -0.254. The average Bonchev–Trinajstić information content (AvgIpc) is 3.15. The molecule has 2 aromatic carbocycles. The number of carbonyl (C=O) groups is 1. The summed E-state index contributed by atoms with van der Waals surface area (Å²) in [7, 11) is 2.89. The molecule has 168 valence electrons. The third-order valence-corrected chi connectivity index (χ3v) is 5.39. The normalized spacial score (nSPS) is 21.0. The van der Waals surface area contributed by atoms with Crippen molar-refractivity contribution < 1.29 is 32.2 Å². The summed E-state index contributed by atoms with van der Waals surface area (Å²) in [6, 6.07) is 9.92. The van der Waals surface area contributed by atoms with Gasteiger partial charge in [0.05, 0.1) is 18.8 Å². The maximum absolute atomic E-state index is 13.3. The van der Waals surface area contributed by atoms with E-state index in [9.17, 15) is 18.0 Å². The van der Waals surface area contributed by atoms with Crippen LogP contribution in [-0.4, -0.2) is 31.8 Å². The summed E-state index contributed by atoms with van der Waals surface area (Å²) < 4.78 is 55.5. The average molecular weight is 438 g/mol. The van der Waals surface area contributed by atoms with Gasteiger partial charge < -0.3 is 25.3 Å². The van der Waals surface area contributed by atoms with Gasteiger partial charge in [-0.3, -0.25) is 4.79 Å². The Morgan fingerprint density at radius 3 is 2.42 bits per heavy atom. The first-order valence-electron chi connectivity index (χ1n) is 9.76. The van der Waals surface area contributed by atoms with E-state index in [0.29, 0.717) is 12.8 Å². The molecule has 3 N–H and O–H groups in total. The second-order valence-corrected chi connectivity index (χ2v) is 7.55. The Morgan fingerprint density at radius 1 is 1.16 bits per heavy atom. The molecule has 2 unspecified atom stereocenters. The molecule has 1 aliphatic rings. The van der Waals surface area contributed by atoms with Gasteiger partial charge in [0.25, 0.3) is 0 Å². The third-order valence-electron chi connectivity index (χ3n) is 5.39. The van der Waals surface area contributed by atoms with E-state index < -0.39 is 17.3 Å². The van der Waals surface area contributed by atoms with Crippen LogP contribution in [0.3, 0.4) is 0 Å². The van der Waals surface area contributed by atoms with Gasteiger partial charge in [-0.2, -0.15) is 13.2 Å². The van der Waals surface area contributed by atoms with Gasteiger partial charge in [0.1, 0.15) is 22.8 Å². The van der Waals surface area contributed by atoms with E-state index in [1.165, 1.54) is 19.2 Å². The minimum absolute atomic E-state index is 0.0215. The standard InChI is InChI=1S/C22H25F3N2O4/c1-29-16-7-8-19(18(11-16)22(23,24)25)31-15-5-3-14(4-6-15)13-27-20(28)21(26)10-9-17(12-21)30-2/h3-8,11,17H,9-10,12-13,26H2,1-2H3,(H,27,28). The highest BCUT2D eigenvalue weighted by molar-refractivity contribution is 5.86. The van der Waals surface area contributed by atoms with Crippen molar-refractivity contribution >= 4 is 5.91 Å². The maximum Gasteiger partial charge on any atom is 0.420 e. The fourth-order valence-corrected chi connectivity index (χ4v) is 3.54. The van der Waals surface area contributed by atoms with Crippen LogP contribution >= 0.6 is 0 Å². The van der Waals surface area contributed by atoms with Gasteiger partial charge in [-0.25, -0.2) is 0 Å². The minimum atomic E-state index is -4.59. The second-order valence-electron chi connectivity index (χ2n) is 7.55. The van der Waals surface area contributed by atoms with Crippen LogP contribution in [0.1, 0.15) is 30.4 Å². The molecule has 9 heteroatoms. The number of methoxy groups -OCH3 is 2. The van der Waals surface area contributed by atoms with Gasteiger partial charge >= 0.3 is 6.18 Å². The number of carbonyl (C=O) groups excluding carboxylic acids is 1. The fourth-order valence-electron chi connectivity index (χ4n) is 3.54. The van der Waals surface area contributed by atoms with Crippen molar-refractivity contribution in [3.63, 3.8) is 0 Å². The zero-order chi connectivity index (χ0) is 22.6. The first-order valence-corrected chi connectivity index (χ1v) is 9.76. The summed E-state index contributed by atoms with van der Waals surface area (Å²) in [5, 5.41) is 2.81. The Morgan fingerprint density at radius 2 is 1.84 bits per heavy atom. The SMILES string of the molecule is COc1ccc(Oc2ccc(CNC(=O)C3(N)CCC(OC)C3)cc2)c(C(F)(F)F)c1. The molecule has 1 aliphatic carbocycles. The van der Waals surface area contributed by atoms with Crippen LogP contribution in [0.15, 0.2) is 42.5 Å². The Kier molecular flexibility index (Phi) is 6.76. The lowest BCUT2D eigenvalue weighted by Crippen LogP contribution is -2.52. The molecule has 0 bridgehead atoms. The molecule has 0 aliphatic heterocycles. The Hall–Kier alpha value is -2.78. The molecule has 31 heavy (non-hydrogen) atoms. The van der Waals surface area contributed by atoms with Crippen molar-refractivity contribution in [3.05, 3.63) is 53.6 Å². The second kappa shape index (κ2) is 9.15. The zero-order valence-electron chi connectivity index (χ0n) is 17.3. The van der Waals surface area contributed by atoms with Crippen LogP contribution in [0.4, 0.5) is 13.2 Å². The Balaban J connectivity index is 1.63. The molecular formula is C22H25F3N2O4. The summed E-state index contributed by atoms with van der Waals surface area (Å²) in [6.07, 6.45) is -2.86. The van der Waals surface area contributed by atoms with Crippen LogP contribution in [0.25, 0.3) is 0 Å². The number of halogens is 3. The number of benzene rings is 2. The predicted molar refractivity (Wildman–Crippen MR) is 108 cm³/mol. The molecule has 1 saturated carbocycles. The van der Waals surface area contributed by atoms with Gasteiger partial charge in [0, 0.05) is 20.1 Å².